The van der Waals surface area contributed by atoms with E-state index in [9.17, 15) is 4.39 Å². The number of nitrogens with one attached hydrogen (secondary N) is 3. The Morgan fingerprint density at radius 1 is 1.11 bits per heavy atom. The summed E-state index contributed by atoms with van der Waals surface area (Å²) in [5.41, 5.74) is 1.97. The molecule has 0 aliphatic carbocycles. The van der Waals surface area contributed by atoms with E-state index in [1.54, 1.807) is 7.05 Å². The second-order valence-corrected chi connectivity index (χ2v) is 5.84. The molecule has 0 amide bonds. The molecule has 3 aromatic rings. The van der Waals surface area contributed by atoms with Gasteiger partial charge >= 0.3 is 0 Å². The van der Waals surface area contributed by atoms with Crippen LogP contribution >= 0.6 is 24.0 Å². The van der Waals surface area contributed by atoms with Gasteiger partial charge in [-0.3, -0.25) is 4.99 Å². The predicted octanol–water partition coefficient (Wildman–Crippen LogP) is 3.71. The summed E-state index contributed by atoms with van der Waals surface area (Å²) < 4.78 is 18.9. The maximum Gasteiger partial charge on any atom is 0.191 e. The molecule has 0 aliphatic rings. The van der Waals surface area contributed by atoms with E-state index >= 15 is 0 Å². The normalized spacial score (nSPS) is 11.1. The number of hydrogen-bond donors (Lipinski definition) is 3. The van der Waals surface area contributed by atoms with E-state index in [1.165, 1.54) is 12.1 Å². The highest BCUT2D eigenvalue weighted by atomic mass is 127. The van der Waals surface area contributed by atoms with Crippen molar-refractivity contribution in [2.24, 2.45) is 4.99 Å². The Hall–Kier alpha value is -2.29. The molecule has 0 aliphatic heterocycles. The maximum absolute atomic E-state index is 13.2. The van der Waals surface area contributed by atoms with E-state index in [4.69, 9.17) is 4.74 Å². The molecule has 0 saturated carbocycles. The van der Waals surface area contributed by atoms with Crippen molar-refractivity contribution in [1.29, 1.82) is 0 Å². The third kappa shape index (κ3) is 6.13. The summed E-state index contributed by atoms with van der Waals surface area (Å²) in [4.78, 5) is 7.32. The van der Waals surface area contributed by atoms with E-state index in [0.717, 1.165) is 41.1 Å². The average molecular weight is 482 g/mol. The number of halogens is 2. The molecule has 0 bridgehead atoms. The summed E-state index contributed by atoms with van der Waals surface area (Å²) in [5.74, 6) is 1.35. The molecular formula is C20H24FIN4O. The first-order valence-corrected chi connectivity index (χ1v) is 8.64. The van der Waals surface area contributed by atoms with Crippen molar-refractivity contribution in [1.82, 2.24) is 15.6 Å². The molecule has 7 heteroatoms. The van der Waals surface area contributed by atoms with Gasteiger partial charge in [0.15, 0.2) is 5.96 Å². The van der Waals surface area contributed by atoms with Crippen LogP contribution < -0.4 is 15.4 Å². The van der Waals surface area contributed by atoms with E-state index in [2.05, 4.69) is 20.6 Å². The molecule has 0 unspecified atom stereocenters. The molecule has 0 atom stereocenters. The molecule has 27 heavy (non-hydrogen) atoms. The van der Waals surface area contributed by atoms with E-state index in [-0.39, 0.29) is 29.8 Å². The Balaban J connectivity index is 0.00000261. The van der Waals surface area contributed by atoms with Crippen LogP contribution in [0, 0.1) is 5.82 Å². The monoisotopic (exact) mass is 482 g/mol. The number of guanidine groups is 1. The molecule has 5 nitrogen and oxygen atoms in total. The van der Waals surface area contributed by atoms with Gasteiger partial charge < -0.3 is 20.4 Å². The van der Waals surface area contributed by atoms with Crippen LogP contribution in [0.5, 0.6) is 5.75 Å². The molecule has 144 valence electrons. The lowest BCUT2D eigenvalue weighted by Crippen LogP contribution is -2.40. The van der Waals surface area contributed by atoms with Crippen LogP contribution in [0.3, 0.4) is 0 Å². The summed E-state index contributed by atoms with van der Waals surface area (Å²) in [5, 5.41) is 7.55. The highest BCUT2D eigenvalue weighted by Gasteiger charge is 2.05. The van der Waals surface area contributed by atoms with Gasteiger partial charge in [-0.25, -0.2) is 4.39 Å². The Kier molecular flexibility index (Phi) is 8.38. The smallest absolute Gasteiger partial charge is 0.191 e. The van der Waals surface area contributed by atoms with Crippen molar-refractivity contribution in [2.75, 3.05) is 26.7 Å². The van der Waals surface area contributed by atoms with Crippen LogP contribution in [0.1, 0.15) is 5.56 Å². The number of fused-ring (bicyclic) bond motifs is 1. The standard InChI is InChI=1S/C20H23FN4O.HI/c1-22-20(24-11-12-26-17-5-3-2-4-6-17)23-10-9-15-14-25-19-13-16(21)7-8-18(15)19;/h2-8,13-14,25H,9-12H2,1H3,(H2,22,23,24);1H. The quantitative estimate of drug-likeness (QED) is 0.208. The highest BCUT2D eigenvalue weighted by molar-refractivity contribution is 14.0. The largest absolute Gasteiger partial charge is 0.492 e. The van der Waals surface area contributed by atoms with Crippen molar-refractivity contribution in [2.45, 2.75) is 6.42 Å². The van der Waals surface area contributed by atoms with Crippen molar-refractivity contribution in [3.8, 4) is 5.75 Å². The molecule has 3 N–H and O–H groups in total. The van der Waals surface area contributed by atoms with Gasteiger partial charge in [-0.2, -0.15) is 0 Å². The second kappa shape index (κ2) is 10.8. The number of hydrogen-bond acceptors (Lipinski definition) is 2. The number of H-pyrrole nitrogens is 1. The highest BCUT2D eigenvalue weighted by Crippen LogP contribution is 2.19. The number of rotatable bonds is 7. The van der Waals surface area contributed by atoms with Gasteiger partial charge in [0, 0.05) is 30.7 Å². The molecule has 0 spiro atoms. The Bertz CT molecular complexity index is 867. The minimum absolute atomic E-state index is 0. The lowest BCUT2D eigenvalue weighted by atomic mass is 10.1. The minimum atomic E-state index is -0.230. The minimum Gasteiger partial charge on any atom is -0.492 e. The van der Waals surface area contributed by atoms with Crippen LogP contribution in [0.2, 0.25) is 0 Å². The van der Waals surface area contributed by atoms with E-state index in [0.29, 0.717) is 13.2 Å². The Morgan fingerprint density at radius 3 is 2.67 bits per heavy atom. The maximum atomic E-state index is 13.2. The molecule has 2 aromatic carbocycles. The molecule has 3 rings (SSSR count). The lowest BCUT2D eigenvalue weighted by molar-refractivity contribution is 0.322. The lowest BCUT2D eigenvalue weighted by Gasteiger charge is -2.12. The first kappa shape index (κ1) is 21.0. The van der Waals surface area contributed by atoms with Gasteiger partial charge in [0.25, 0.3) is 0 Å². The number of aromatic nitrogens is 1. The number of nitrogens with zero attached hydrogens (tertiary/aromatic N) is 1. The number of ether oxygens (including phenoxy) is 1. The van der Waals surface area contributed by atoms with Crippen molar-refractivity contribution >= 4 is 40.8 Å². The summed E-state index contributed by atoms with van der Waals surface area (Å²) in [6.45, 7) is 1.93. The number of para-hydroxylation sites is 1. The van der Waals surface area contributed by atoms with Gasteiger partial charge in [0.1, 0.15) is 18.2 Å². The van der Waals surface area contributed by atoms with Crippen LogP contribution in [0.4, 0.5) is 4.39 Å². The molecular weight excluding hydrogens is 458 g/mol. The first-order chi connectivity index (χ1) is 12.8. The average Bonchev–Trinajstić information content (AvgIpc) is 3.06. The third-order valence-electron chi connectivity index (χ3n) is 4.05. The zero-order valence-electron chi connectivity index (χ0n) is 15.2. The first-order valence-electron chi connectivity index (χ1n) is 8.64. The number of aliphatic imine (C=N–C) groups is 1. The van der Waals surface area contributed by atoms with Gasteiger partial charge in [-0.1, -0.05) is 18.2 Å². The molecule has 0 saturated heterocycles. The summed E-state index contributed by atoms with van der Waals surface area (Å²) in [6, 6.07) is 14.5. The van der Waals surface area contributed by atoms with Crippen LogP contribution in [0.25, 0.3) is 10.9 Å². The number of aromatic amines is 1. The van der Waals surface area contributed by atoms with E-state index < -0.39 is 0 Å². The molecule has 1 heterocycles. The zero-order chi connectivity index (χ0) is 18.2. The summed E-state index contributed by atoms with van der Waals surface area (Å²) in [7, 11) is 1.74. The van der Waals surface area contributed by atoms with Crippen molar-refractivity contribution in [3.63, 3.8) is 0 Å². The summed E-state index contributed by atoms with van der Waals surface area (Å²) >= 11 is 0. The molecule has 1 aromatic heterocycles. The van der Waals surface area contributed by atoms with Crippen molar-refractivity contribution in [3.05, 3.63) is 66.1 Å². The van der Waals surface area contributed by atoms with Crippen LogP contribution in [0.15, 0.2) is 59.7 Å². The second-order valence-electron chi connectivity index (χ2n) is 5.84. The predicted molar refractivity (Wildman–Crippen MR) is 119 cm³/mol. The fourth-order valence-electron chi connectivity index (χ4n) is 2.76. The van der Waals surface area contributed by atoms with Crippen molar-refractivity contribution < 1.29 is 9.13 Å². The van der Waals surface area contributed by atoms with Crippen LogP contribution in [-0.2, 0) is 6.42 Å². The fourth-order valence-corrected chi connectivity index (χ4v) is 2.76. The topological polar surface area (TPSA) is 61.4 Å². The number of benzene rings is 2. The van der Waals surface area contributed by atoms with Gasteiger partial charge in [0.05, 0.1) is 6.54 Å². The third-order valence-corrected chi connectivity index (χ3v) is 4.05. The van der Waals surface area contributed by atoms with Gasteiger partial charge in [-0.05, 0) is 42.3 Å². The summed E-state index contributed by atoms with van der Waals surface area (Å²) in [6.07, 6.45) is 2.74. The molecule has 0 fully saturated rings. The SMILES string of the molecule is CN=C(NCCOc1ccccc1)NCCc1c[nH]c2cc(F)ccc12.I. The Labute approximate surface area is 175 Å². The molecule has 0 radical (unpaired) electrons. The van der Waals surface area contributed by atoms with Gasteiger partial charge in [0.2, 0.25) is 0 Å². The van der Waals surface area contributed by atoms with E-state index in [1.807, 2.05) is 42.6 Å². The zero-order valence-corrected chi connectivity index (χ0v) is 17.5. The van der Waals surface area contributed by atoms with Gasteiger partial charge in [-0.15, -0.1) is 24.0 Å². The Morgan fingerprint density at radius 2 is 1.89 bits per heavy atom. The fraction of sp³-hybridized carbons (Fsp3) is 0.250. The van der Waals surface area contributed by atoms with Crippen LogP contribution in [-0.4, -0.2) is 37.7 Å².